The molecule has 2 N–H and O–H groups in total. The Morgan fingerprint density at radius 3 is 3.10 bits per heavy atom. The molecule has 0 atom stereocenters. The number of carbonyl (C=O) groups is 1. The summed E-state index contributed by atoms with van der Waals surface area (Å²) in [5, 5.41) is 25.1. The SMILES string of the molecule is O=C(O)c1c2c(nn1C/C=N/O)-c1ccncc1CC2. The number of hydrogen-bond donors (Lipinski definition) is 2. The molecule has 0 amide bonds. The van der Waals surface area contributed by atoms with E-state index in [1.165, 1.54) is 10.9 Å². The third-order valence-electron chi connectivity index (χ3n) is 3.39. The highest BCUT2D eigenvalue weighted by atomic mass is 16.4. The number of hydrogen-bond acceptors (Lipinski definition) is 5. The van der Waals surface area contributed by atoms with Crippen molar-refractivity contribution in [3.63, 3.8) is 0 Å². The van der Waals surface area contributed by atoms with Crippen LogP contribution in [-0.4, -0.2) is 37.3 Å². The van der Waals surface area contributed by atoms with Gasteiger partial charge in [-0.3, -0.25) is 9.67 Å². The zero-order valence-electron chi connectivity index (χ0n) is 10.5. The molecule has 7 heteroatoms. The molecule has 102 valence electrons. The second-order valence-corrected chi connectivity index (χ2v) is 4.49. The van der Waals surface area contributed by atoms with Crippen molar-refractivity contribution >= 4 is 12.2 Å². The smallest absolute Gasteiger partial charge is 0.354 e. The number of carboxylic acid groups (broad SMARTS) is 1. The van der Waals surface area contributed by atoms with Crippen molar-refractivity contribution in [2.75, 3.05) is 0 Å². The number of rotatable bonds is 3. The largest absolute Gasteiger partial charge is 0.477 e. The predicted molar refractivity (Wildman–Crippen MR) is 70.1 cm³/mol. The summed E-state index contributed by atoms with van der Waals surface area (Å²) in [4.78, 5) is 15.5. The maximum Gasteiger partial charge on any atom is 0.354 e. The minimum absolute atomic E-state index is 0.117. The van der Waals surface area contributed by atoms with Crippen LogP contribution in [0.25, 0.3) is 11.3 Å². The lowest BCUT2D eigenvalue weighted by atomic mass is 9.90. The van der Waals surface area contributed by atoms with Crippen molar-refractivity contribution in [3.05, 3.63) is 35.3 Å². The quantitative estimate of drug-likeness (QED) is 0.496. The maximum absolute atomic E-state index is 11.4. The first-order valence-electron chi connectivity index (χ1n) is 6.14. The van der Waals surface area contributed by atoms with Crippen LogP contribution in [0.3, 0.4) is 0 Å². The van der Waals surface area contributed by atoms with Gasteiger partial charge in [-0.25, -0.2) is 4.79 Å². The highest BCUT2D eigenvalue weighted by Crippen LogP contribution is 2.33. The van der Waals surface area contributed by atoms with E-state index in [1.807, 2.05) is 6.07 Å². The predicted octanol–water partition coefficient (Wildman–Crippen LogP) is 1.20. The van der Waals surface area contributed by atoms with E-state index < -0.39 is 5.97 Å². The van der Waals surface area contributed by atoms with Gasteiger partial charge in [0.05, 0.1) is 18.5 Å². The summed E-state index contributed by atoms with van der Waals surface area (Å²) in [5.74, 6) is -1.03. The van der Waals surface area contributed by atoms with Crippen molar-refractivity contribution in [2.45, 2.75) is 19.4 Å². The van der Waals surface area contributed by atoms with Crippen LogP contribution in [0, 0.1) is 0 Å². The minimum atomic E-state index is -1.03. The number of aromatic nitrogens is 3. The van der Waals surface area contributed by atoms with Gasteiger partial charge in [0, 0.05) is 23.5 Å². The van der Waals surface area contributed by atoms with Gasteiger partial charge in [-0.1, -0.05) is 0 Å². The van der Waals surface area contributed by atoms with Crippen LogP contribution in [0.15, 0.2) is 23.6 Å². The molecule has 2 heterocycles. The van der Waals surface area contributed by atoms with Crippen LogP contribution in [0.4, 0.5) is 0 Å². The molecule has 2 aromatic heterocycles. The van der Waals surface area contributed by atoms with Crippen molar-refractivity contribution in [2.24, 2.45) is 5.16 Å². The molecule has 0 spiro atoms. The number of aryl methyl sites for hydroxylation is 1. The molecule has 1 aliphatic rings. The molecule has 0 bridgehead atoms. The van der Waals surface area contributed by atoms with Gasteiger partial charge in [-0.2, -0.15) is 5.10 Å². The standard InChI is InChI=1S/C13H12N4O3/c18-13(19)12-10-2-1-8-7-14-4-3-9(8)11(10)16-17(12)6-5-15-20/h3-5,7,20H,1-2,6H2,(H,18,19)/b15-5+. The first-order valence-corrected chi connectivity index (χ1v) is 6.14. The number of oxime groups is 1. The molecule has 3 rings (SSSR count). The Morgan fingerprint density at radius 2 is 2.35 bits per heavy atom. The Balaban J connectivity index is 2.19. The molecule has 0 saturated heterocycles. The summed E-state index contributed by atoms with van der Waals surface area (Å²) < 4.78 is 1.35. The van der Waals surface area contributed by atoms with E-state index in [1.54, 1.807) is 12.4 Å². The number of nitrogens with zero attached hydrogens (tertiary/aromatic N) is 4. The highest BCUT2D eigenvalue weighted by Gasteiger charge is 2.27. The van der Waals surface area contributed by atoms with Crippen LogP contribution < -0.4 is 0 Å². The monoisotopic (exact) mass is 272 g/mol. The summed E-state index contributed by atoms with van der Waals surface area (Å²) >= 11 is 0. The van der Waals surface area contributed by atoms with Gasteiger partial charge in [0.2, 0.25) is 0 Å². The summed E-state index contributed by atoms with van der Waals surface area (Å²) in [5.41, 5.74) is 3.54. The summed E-state index contributed by atoms with van der Waals surface area (Å²) in [6.45, 7) is 0.117. The Hall–Kier alpha value is -2.70. The van der Waals surface area contributed by atoms with Crippen molar-refractivity contribution < 1.29 is 15.1 Å². The average molecular weight is 272 g/mol. The fraction of sp³-hybridized carbons (Fsp3) is 0.231. The summed E-state index contributed by atoms with van der Waals surface area (Å²) in [7, 11) is 0. The van der Waals surface area contributed by atoms with Gasteiger partial charge < -0.3 is 10.3 Å². The number of pyridine rings is 1. The average Bonchev–Trinajstić information content (AvgIpc) is 2.84. The molecule has 0 fully saturated rings. The van der Waals surface area contributed by atoms with Gasteiger partial charge in [-0.05, 0) is 24.5 Å². The van der Waals surface area contributed by atoms with Gasteiger partial charge >= 0.3 is 5.97 Å². The zero-order chi connectivity index (χ0) is 14.1. The maximum atomic E-state index is 11.4. The topological polar surface area (TPSA) is 101 Å². The molecule has 0 radical (unpaired) electrons. The van der Waals surface area contributed by atoms with Gasteiger partial charge in [-0.15, -0.1) is 5.16 Å². The molecule has 2 aromatic rings. The van der Waals surface area contributed by atoms with E-state index >= 15 is 0 Å². The third kappa shape index (κ3) is 1.83. The molecule has 0 saturated carbocycles. The van der Waals surface area contributed by atoms with Gasteiger partial charge in [0.1, 0.15) is 0 Å². The number of carboxylic acids is 1. The second kappa shape index (κ2) is 4.76. The number of fused-ring (bicyclic) bond motifs is 3. The second-order valence-electron chi connectivity index (χ2n) is 4.49. The number of aromatic carboxylic acids is 1. The third-order valence-corrected chi connectivity index (χ3v) is 3.39. The molecule has 1 aliphatic carbocycles. The minimum Gasteiger partial charge on any atom is -0.477 e. The molecule has 0 unspecified atom stereocenters. The Kier molecular flexibility index (Phi) is 2.94. The van der Waals surface area contributed by atoms with Gasteiger partial charge in [0.15, 0.2) is 5.69 Å². The van der Waals surface area contributed by atoms with Crippen LogP contribution in [0.1, 0.15) is 21.6 Å². The van der Waals surface area contributed by atoms with Crippen LogP contribution in [0.5, 0.6) is 0 Å². The Bertz CT molecular complexity index is 706. The van der Waals surface area contributed by atoms with Crippen molar-refractivity contribution in [1.82, 2.24) is 14.8 Å². The van der Waals surface area contributed by atoms with Crippen LogP contribution >= 0.6 is 0 Å². The van der Waals surface area contributed by atoms with Crippen molar-refractivity contribution in [1.29, 1.82) is 0 Å². The van der Waals surface area contributed by atoms with E-state index in [4.69, 9.17) is 5.21 Å². The van der Waals surface area contributed by atoms with E-state index in [9.17, 15) is 9.90 Å². The highest BCUT2D eigenvalue weighted by molar-refractivity contribution is 5.91. The fourth-order valence-electron chi connectivity index (χ4n) is 2.55. The van der Waals surface area contributed by atoms with E-state index in [-0.39, 0.29) is 12.2 Å². The molecular weight excluding hydrogens is 260 g/mol. The Morgan fingerprint density at radius 1 is 1.50 bits per heavy atom. The first-order chi connectivity index (χ1) is 9.72. The molecule has 20 heavy (non-hydrogen) atoms. The van der Waals surface area contributed by atoms with Crippen LogP contribution in [0.2, 0.25) is 0 Å². The van der Waals surface area contributed by atoms with E-state index in [0.29, 0.717) is 12.1 Å². The lowest BCUT2D eigenvalue weighted by molar-refractivity contribution is 0.0683. The first kappa shape index (κ1) is 12.3. The van der Waals surface area contributed by atoms with Gasteiger partial charge in [0.25, 0.3) is 0 Å². The molecule has 0 aliphatic heterocycles. The van der Waals surface area contributed by atoms with E-state index in [2.05, 4.69) is 15.2 Å². The summed E-state index contributed by atoms with van der Waals surface area (Å²) in [6.07, 6.45) is 6.02. The molecule has 0 aromatic carbocycles. The molecular formula is C13H12N4O3. The lowest BCUT2D eigenvalue weighted by Gasteiger charge is -2.14. The van der Waals surface area contributed by atoms with E-state index in [0.717, 1.165) is 23.1 Å². The Labute approximate surface area is 114 Å². The lowest BCUT2D eigenvalue weighted by Crippen LogP contribution is -2.13. The van der Waals surface area contributed by atoms with Crippen molar-refractivity contribution in [3.8, 4) is 11.3 Å². The molecule has 7 nitrogen and oxygen atoms in total. The normalized spacial score (nSPS) is 13.2. The zero-order valence-corrected chi connectivity index (χ0v) is 10.5. The summed E-state index contributed by atoms with van der Waals surface area (Å²) in [6, 6.07) is 1.84. The fourth-order valence-corrected chi connectivity index (χ4v) is 2.55. The van der Waals surface area contributed by atoms with Crippen LogP contribution in [-0.2, 0) is 19.4 Å².